The van der Waals surface area contributed by atoms with Gasteiger partial charge in [0.1, 0.15) is 15.6 Å². The molecule has 1 fully saturated rings. The zero-order valence-corrected chi connectivity index (χ0v) is 17.9. The number of pyridine rings is 3. The lowest BCUT2D eigenvalue weighted by Gasteiger charge is -2.26. The summed E-state index contributed by atoms with van der Waals surface area (Å²) in [5.41, 5.74) is 5.27. The zero-order valence-electron chi connectivity index (χ0n) is 16.3. The third-order valence-electron chi connectivity index (χ3n) is 6.05. The van der Waals surface area contributed by atoms with Gasteiger partial charge in [0, 0.05) is 34.5 Å². The fraction of sp³-hybridized carbons (Fsp3) is 0.182. The number of hydrogen-bond donors (Lipinski definition) is 1. The summed E-state index contributed by atoms with van der Waals surface area (Å²) in [4.78, 5) is 14.8. The first-order valence-corrected chi connectivity index (χ1v) is 12.2. The molecule has 152 valence electrons. The van der Waals surface area contributed by atoms with Gasteiger partial charge in [0.2, 0.25) is 4.21 Å². The Kier molecular flexibility index (Phi) is 3.70. The van der Waals surface area contributed by atoms with Gasteiger partial charge in [-0.25, -0.2) is 4.98 Å². The molecule has 31 heavy (non-hydrogen) atoms. The minimum atomic E-state index is -1.04. The average molecular weight is 445 g/mol. The predicted molar refractivity (Wildman–Crippen MR) is 123 cm³/mol. The number of hydrogen-bond acceptors (Lipinski definition) is 6. The van der Waals surface area contributed by atoms with Crippen molar-refractivity contribution in [3.8, 4) is 11.3 Å². The first kappa shape index (κ1) is 17.6. The predicted octanol–water partition coefficient (Wildman–Crippen LogP) is 4.70. The highest BCUT2D eigenvalue weighted by Gasteiger charge is 2.35. The third kappa shape index (κ3) is 2.57. The maximum Gasteiger partial charge on any atom is 0.234 e. The van der Waals surface area contributed by atoms with Crippen molar-refractivity contribution in [3.05, 3.63) is 48.9 Å². The molecule has 0 bridgehead atoms. The molecule has 6 aromatic rings. The molecule has 9 heteroatoms. The number of nitrogens with zero attached hydrogens (tertiary/aromatic N) is 5. The van der Waals surface area contributed by atoms with Crippen LogP contribution >= 0.6 is 11.3 Å². The summed E-state index contributed by atoms with van der Waals surface area (Å²) >= 11 is 0.482. The van der Waals surface area contributed by atoms with Crippen LogP contribution in [0.1, 0.15) is 19.3 Å². The smallest absolute Gasteiger partial charge is 0.234 e. The number of H-pyrrole nitrogens is 1. The Labute approximate surface area is 183 Å². The van der Waals surface area contributed by atoms with Gasteiger partial charge < -0.3 is 4.55 Å². The second-order valence-corrected chi connectivity index (χ2v) is 10.8. The van der Waals surface area contributed by atoms with Crippen LogP contribution in [0.25, 0.3) is 48.9 Å². The van der Waals surface area contributed by atoms with E-state index in [1.807, 2.05) is 30.5 Å². The summed E-state index contributed by atoms with van der Waals surface area (Å²) in [6.45, 7) is 0. The molecule has 1 unspecified atom stereocenters. The Bertz CT molecular complexity index is 1610. The molecule has 7 nitrogen and oxygen atoms in total. The summed E-state index contributed by atoms with van der Waals surface area (Å²) in [6, 6.07) is 9.91. The fourth-order valence-electron chi connectivity index (χ4n) is 4.20. The Hall–Kier alpha value is -3.01. The van der Waals surface area contributed by atoms with Crippen LogP contribution in [0.4, 0.5) is 0 Å². The Morgan fingerprint density at radius 1 is 1.13 bits per heavy atom. The lowest BCUT2D eigenvalue weighted by Crippen LogP contribution is -2.28. The Morgan fingerprint density at radius 3 is 2.94 bits per heavy atom. The number of rotatable bonds is 3. The first-order valence-electron chi connectivity index (χ1n) is 10.2. The van der Waals surface area contributed by atoms with Crippen molar-refractivity contribution < 1.29 is 4.55 Å². The first-order chi connectivity index (χ1) is 15.3. The van der Waals surface area contributed by atoms with Crippen molar-refractivity contribution in [2.24, 2.45) is 0 Å². The quantitative estimate of drug-likeness (QED) is 0.399. The van der Waals surface area contributed by atoms with Crippen molar-refractivity contribution in [1.82, 2.24) is 29.8 Å². The summed E-state index contributed by atoms with van der Waals surface area (Å²) < 4.78 is 15.9. The van der Waals surface area contributed by atoms with Crippen molar-refractivity contribution in [3.63, 3.8) is 0 Å². The van der Waals surface area contributed by atoms with Crippen molar-refractivity contribution in [1.29, 1.82) is 0 Å². The highest BCUT2D eigenvalue weighted by molar-refractivity contribution is 7.94. The summed E-state index contributed by atoms with van der Waals surface area (Å²) in [5.74, 6) is 0. The van der Waals surface area contributed by atoms with Crippen molar-refractivity contribution in [2.45, 2.75) is 28.7 Å². The summed E-state index contributed by atoms with van der Waals surface area (Å²) in [5, 5.41) is 10.1. The second kappa shape index (κ2) is 6.49. The van der Waals surface area contributed by atoms with E-state index in [9.17, 15) is 4.55 Å². The molecule has 1 aliphatic carbocycles. The average Bonchev–Trinajstić information content (AvgIpc) is 3.38. The molecule has 7 rings (SSSR count). The van der Waals surface area contributed by atoms with E-state index in [-0.39, 0.29) is 5.25 Å². The van der Waals surface area contributed by atoms with Gasteiger partial charge >= 0.3 is 0 Å². The second-order valence-electron chi connectivity index (χ2n) is 7.86. The van der Waals surface area contributed by atoms with Crippen LogP contribution < -0.4 is 0 Å². The molecule has 0 amide bonds. The van der Waals surface area contributed by atoms with Gasteiger partial charge in [-0.3, -0.25) is 15.1 Å². The lowest BCUT2D eigenvalue weighted by atomic mass is 10.0. The molecular formula is C22H16N6OS2. The maximum atomic E-state index is 13.3. The van der Waals surface area contributed by atoms with Crippen LogP contribution in [0.5, 0.6) is 0 Å². The van der Waals surface area contributed by atoms with E-state index in [2.05, 4.69) is 26.2 Å². The van der Waals surface area contributed by atoms with Crippen LogP contribution in [0, 0.1) is 0 Å². The van der Waals surface area contributed by atoms with E-state index in [0.717, 1.165) is 72.4 Å². The van der Waals surface area contributed by atoms with Gasteiger partial charge in [0.15, 0.2) is 0 Å². The Morgan fingerprint density at radius 2 is 2.06 bits per heavy atom. The minimum absolute atomic E-state index is 0.240. The molecule has 0 radical (unpaired) electrons. The van der Waals surface area contributed by atoms with Gasteiger partial charge in [0.25, 0.3) is 0 Å². The maximum absolute atomic E-state index is 13.3. The van der Waals surface area contributed by atoms with Gasteiger partial charge in [-0.15, -0.1) is 0 Å². The number of fused-ring (bicyclic) bond motifs is 3. The summed E-state index contributed by atoms with van der Waals surface area (Å²) in [6.07, 6.45) is 8.58. The molecule has 1 saturated carbocycles. The van der Waals surface area contributed by atoms with Gasteiger partial charge in [-0.05, 0) is 49.6 Å². The van der Waals surface area contributed by atoms with Crippen LogP contribution in [0.15, 0.2) is 53.1 Å². The monoisotopic (exact) mass is 444 g/mol. The molecule has 0 saturated heterocycles. The van der Waals surface area contributed by atoms with Gasteiger partial charge in [0.05, 0.1) is 33.8 Å². The van der Waals surface area contributed by atoms with E-state index in [4.69, 9.17) is 4.98 Å². The standard InChI is InChI=1S/C22H16N6OS2/c29-31(13-3-1-4-13)22-20-19-14(18-6-8-25-28(18)27-20)10-16(26-21(19)30-22)12-9-17-15(24-11-12)5-2-7-23-17/h2,5-11,13,27H,1,3-4H2. The fourth-order valence-corrected chi connectivity index (χ4v) is 7.47. The molecule has 0 aliphatic heterocycles. The van der Waals surface area contributed by atoms with Crippen molar-refractivity contribution in [2.75, 3.05) is 0 Å². The Balaban J connectivity index is 1.52. The summed E-state index contributed by atoms with van der Waals surface area (Å²) in [7, 11) is 0. The van der Waals surface area contributed by atoms with E-state index in [0.29, 0.717) is 0 Å². The highest BCUT2D eigenvalue weighted by Crippen LogP contribution is 2.43. The molecule has 1 atom stereocenters. The molecule has 6 heterocycles. The van der Waals surface area contributed by atoms with Crippen molar-refractivity contribution >= 4 is 60.2 Å². The molecular weight excluding hydrogens is 428 g/mol. The lowest BCUT2D eigenvalue weighted by molar-refractivity contribution is 0.478. The molecule has 0 aromatic carbocycles. The van der Waals surface area contributed by atoms with E-state index < -0.39 is 11.2 Å². The van der Waals surface area contributed by atoms with E-state index in [1.54, 1.807) is 17.0 Å². The number of nitrogens with one attached hydrogen (secondary N) is 1. The number of aromatic amines is 1. The van der Waals surface area contributed by atoms with Crippen LogP contribution in [-0.4, -0.2) is 39.6 Å². The van der Waals surface area contributed by atoms with E-state index >= 15 is 0 Å². The van der Waals surface area contributed by atoms with Crippen LogP contribution in [0.3, 0.4) is 0 Å². The molecule has 1 aliphatic rings. The third-order valence-corrected chi connectivity index (χ3v) is 9.32. The number of aromatic nitrogens is 6. The SMILES string of the molecule is [O-][S+](c1sc2nc(-c3cnc4cccnc4c3)cc3c2c1[nH]n1nccc31)C1CCC1. The minimum Gasteiger partial charge on any atom is -0.611 e. The molecule has 6 aromatic heterocycles. The normalized spacial score (nSPS) is 15.9. The van der Waals surface area contributed by atoms with Gasteiger partial charge in [-0.1, -0.05) is 11.3 Å². The topological polar surface area (TPSA) is 94.8 Å². The molecule has 1 N–H and O–H groups in total. The number of thiophene rings is 1. The van der Waals surface area contributed by atoms with Gasteiger partial charge in [-0.2, -0.15) is 9.73 Å². The van der Waals surface area contributed by atoms with Crippen LogP contribution in [0.2, 0.25) is 0 Å². The van der Waals surface area contributed by atoms with E-state index in [1.165, 1.54) is 11.3 Å². The largest absolute Gasteiger partial charge is 0.611 e. The van der Waals surface area contributed by atoms with Crippen LogP contribution in [-0.2, 0) is 11.2 Å². The molecule has 0 spiro atoms. The zero-order chi connectivity index (χ0) is 20.5. The highest BCUT2D eigenvalue weighted by atomic mass is 32.2.